The number of piperidine rings is 1. The van der Waals surface area contributed by atoms with Crippen molar-refractivity contribution in [2.45, 2.75) is 331 Å². The standard InChI is InChI=1S/2C9H16N2.C9H19N.C8H11N3.C8H14N2.C8H17N.3C7H12N2.C5H10N4/c1-7-6-11(8(2)10-7)9(3,4)5;1-7-6-10-8(2)11(7)9(3,4)5;1-9(2,3)10-7-5-4-6-8-10;1-8(2,3)11-5-7(4-9)10-6-11;1-7-9-5-6-10(7)8(2,3)4;1-8(2,3)9-6-4-5-7-9;1-7(2,3)9-5-4-8-6-9;1-7(2,3)6-8-4-5-9-6;1-7(2,3)6-4-5-8-9-6;1-5(2,3)9-4-6-7-8-9/h2*6H,1-5H3;4-8H2,1-3H3;5-6H,1-3H3;5-6H,1-4H3;4-7H2,1-3H3;4-6H,1-3H3;4-5H,1-3H3,(H,8,9);5H,4H2,1-3H3;4H,1-3H3. The number of nitrogens with one attached hydrogen (secondary N) is 1. The van der Waals surface area contributed by atoms with Crippen LogP contribution in [0.1, 0.15) is 287 Å². The highest BCUT2D eigenvalue weighted by Gasteiger charge is 2.25. The molecule has 0 spiro atoms. The number of hydrogen-bond acceptors (Lipinski definition) is 14. The number of aromatic amines is 1. The van der Waals surface area contributed by atoms with Crippen molar-refractivity contribution in [1.82, 2.24) is 87.7 Å². The van der Waals surface area contributed by atoms with E-state index in [4.69, 9.17) is 5.26 Å². The van der Waals surface area contributed by atoms with Crippen LogP contribution in [0.25, 0.3) is 0 Å². The zero-order valence-electron chi connectivity index (χ0n) is 68.5. The van der Waals surface area contributed by atoms with Gasteiger partial charge in [0.05, 0.1) is 29.6 Å². The van der Waals surface area contributed by atoms with Crippen LogP contribution in [0.4, 0.5) is 0 Å². The third kappa shape index (κ3) is 34.2. The number of aromatic nitrogens is 16. The molecule has 3 aliphatic rings. The van der Waals surface area contributed by atoms with Crippen LogP contribution in [0.3, 0.4) is 0 Å². The van der Waals surface area contributed by atoms with Gasteiger partial charge >= 0.3 is 0 Å². The predicted octanol–water partition coefficient (Wildman–Crippen LogP) is 17.8. The summed E-state index contributed by atoms with van der Waals surface area (Å²) < 4.78 is 12.3. The van der Waals surface area contributed by atoms with Crippen LogP contribution in [0.5, 0.6) is 0 Å². The number of nitriles is 1. The lowest BCUT2D eigenvalue weighted by atomic mass is 9.89. The van der Waals surface area contributed by atoms with Gasteiger partial charge in [-0.2, -0.15) is 15.5 Å². The van der Waals surface area contributed by atoms with Crippen LogP contribution >= 0.6 is 0 Å². The first-order valence-corrected chi connectivity index (χ1v) is 35.3. The van der Waals surface area contributed by atoms with Gasteiger partial charge in [-0.05, 0) is 263 Å². The van der Waals surface area contributed by atoms with Crippen molar-refractivity contribution in [3.05, 3.63) is 115 Å². The molecule has 98 heavy (non-hydrogen) atoms. The monoisotopic (exact) mass is 1360 g/mol. The average molecular weight is 1360 g/mol. The van der Waals surface area contributed by atoms with Crippen molar-refractivity contribution in [3.8, 4) is 6.07 Å². The van der Waals surface area contributed by atoms with E-state index in [9.17, 15) is 0 Å². The summed E-state index contributed by atoms with van der Waals surface area (Å²) in [7, 11) is 0. The van der Waals surface area contributed by atoms with Crippen LogP contribution in [0.2, 0.25) is 0 Å². The van der Waals surface area contributed by atoms with Gasteiger partial charge in [-0.3, -0.25) is 9.80 Å². The molecular weight excluding hydrogens is 1220 g/mol. The van der Waals surface area contributed by atoms with Gasteiger partial charge in [0.15, 0.2) is 5.69 Å². The minimum Gasteiger partial charge on any atom is -0.348 e. The summed E-state index contributed by atoms with van der Waals surface area (Å²) in [6.07, 6.45) is 31.9. The van der Waals surface area contributed by atoms with Gasteiger partial charge in [-0.1, -0.05) is 48.0 Å². The van der Waals surface area contributed by atoms with Crippen LogP contribution in [-0.2, 0) is 38.6 Å². The average Bonchev–Trinajstić information content (AvgIpc) is 1.65. The van der Waals surface area contributed by atoms with Crippen LogP contribution in [0, 0.1) is 51.4 Å². The second-order valence-electron chi connectivity index (χ2n) is 35.5. The molecule has 0 saturated carbocycles. The Hall–Kier alpha value is -6.92. The van der Waals surface area contributed by atoms with E-state index in [-0.39, 0.29) is 44.1 Å². The normalized spacial score (nSPS) is 14.6. The van der Waals surface area contributed by atoms with Gasteiger partial charge < -0.3 is 27.8 Å². The lowest BCUT2D eigenvalue weighted by Crippen LogP contribution is -2.44. The number of H-pyrrole nitrogens is 1. The number of rotatable bonds is 0. The molecule has 2 saturated heterocycles. The molecule has 0 atom stereocenters. The molecule has 10 rings (SSSR count). The predicted molar refractivity (Wildman–Crippen MR) is 410 cm³/mol. The van der Waals surface area contributed by atoms with Crippen LogP contribution in [0.15, 0.2) is 85.0 Å². The van der Waals surface area contributed by atoms with Crippen molar-refractivity contribution in [1.29, 1.82) is 5.26 Å². The van der Waals surface area contributed by atoms with E-state index in [0.29, 0.717) is 16.8 Å². The molecule has 2 fully saturated rings. The van der Waals surface area contributed by atoms with Gasteiger partial charge in [-0.15, -0.1) is 5.10 Å². The minimum atomic E-state index is 0.00347. The molecule has 0 bridgehead atoms. The number of tetrazole rings is 1. The SMILES string of the molecule is CC(C)(C)C1=NN=CC1.CC(C)(C)N1CCCC1.CC(C)(C)N1CCCCC1.CC(C)(C)c1ncc[nH]1.CC(C)(C)n1ccnc1.CC(C)(C)n1cnc(C#N)c1.CC(C)(C)n1cnnn1.Cc1cn(C(C)(C)C)c(C)n1.Cc1cnc(C)n1C(C)(C)C.Cc1nccn1C(C)(C)C. The maximum absolute atomic E-state index is 8.49. The molecule has 0 aromatic carbocycles. The smallest absolute Gasteiger partial charge is 0.158 e. The Bertz CT molecular complexity index is 3220. The summed E-state index contributed by atoms with van der Waals surface area (Å²) in [4.78, 5) is 32.9. The number of nitrogens with zero attached hydrogens (tertiary/aromatic N) is 20. The zero-order chi connectivity index (χ0) is 75.7. The van der Waals surface area contributed by atoms with Crippen LogP contribution in [-0.4, -0.2) is 137 Å². The molecule has 7 aromatic rings. The van der Waals surface area contributed by atoms with Crippen molar-refractivity contribution in [2.24, 2.45) is 15.6 Å². The van der Waals surface area contributed by atoms with Crippen molar-refractivity contribution in [3.63, 3.8) is 0 Å². The minimum absolute atomic E-state index is 0.00347. The molecule has 7 aromatic heterocycles. The largest absolute Gasteiger partial charge is 0.348 e. The summed E-state index contributed by atoms with van der Waals surface area (Å²) >= 11 is 0. The molecule has 552 valence electrons. The Morgan fingerprint density at radius 3 is 1.21 bits per heavy atom. The topological polar surface area (TPSA) is 216 Å². The summed E-state index contributed by atoms with van der Waals surface area (Å²) in [5.74, 6) is 4.31. The van der Waals surface area contributed by atoms with E-state index in [1.54, 1.807) is 35.9 Å². The van der Waals surface area contributed by atoms with Crippen molar-refractivity contribution >= 4 is 11.9 Å². The molecule has 0 amide bonds. The van der Waals surface area contributed by atoms with Gasteiger partial charge in [0, 0.05) is 124 Å². The van der Waals surface area contributed by atoms with E-state index in [1.807, 2.05) is 103 Å². The first-order valence-electron chi connectivity index (χ1n) is 35.3. The van der Waals surface area contributed by atoms with Crippen LogP contribution < -0.4 is 0 Å². The van der Waals surface area contributed by atoms with Gasteiger partial charge in [0.25, 0.3) is 0 Å². The van der Waals surface area contributed by atoms with E-state index >= 15 is 0 Å². The van der Waals surface area contributed by atoms with E-state index in [0.717, 1.165) is 35.4 Å². The van der Waals surface area contributed by atoms with Gasteiger partial charge in [0.1, 0.15) is 35.7 Å². The highest BCUT2D eigenvalue weighted by atomic mass is 15.5. The maximum atomic E-state index is 8.49. The number of likely N-dealkylation sites (tertiary alicyclic amines) is 2. The third-order valence-electron chi connectivity index (χ3n) is 15.8. The number of imidazole rings is 6. The fourth-order valence-electron chi connectivity index (χ4n) is 10.2. The highest BCUT2D eigenvalue weighted by Crippen LogP contribution is 2.24. The number of hydrogen-bond donors (Lipinski definition) is 1. The molecule has 0 unspecified atom stereocenters. The molecular formula is C77H139N21. The van der Waals surface area contributed by atoms with Gasteiger partial charge in [-0.25, -0.2) is 34.6 Å². The Kier molecular flexibility index (Phi) is 34.6. The lowest BCUT2D eigenvalue weighted by molar-refractivity contribution is 0.111. The Morgan fingerprint density at radius 1 is 0.469 bits per heavy atom. The molecule has 0 radical (unpaired) electrons. The number of aryl methyl sites for hydroxylation is 5. The molecule has 3 aliphatic heterocycles. The summed E-state index contributed by atoms with van der Waals surface area (Å²) in [5.41, 5.74) is 5.84. The van der Waals surface area contributed by atoms with E-state index < -0.39 is 0 Å². The zero-order valence-corrected chi connectivity index (χ0v) is 68.5. The summed E-state index contributed by atoms with van der Waals surface area (Å²) in [6.45, 7) is 80.5. The lowest BCUT2D eigenvalue weighted by Gasteiger charge is -2.38. The third-order valence-corrected chi connectivity index (χ3v) is 15.8. The molecule has 0 aliphatic carbocycles. The molecule has 21 heteroatoms. The fraction of sp³-hybridized carbons (Fsp3) is 0.714. The highest BCUT2D eigenvalue weighted by molar-refractivity contribution is 6.01. The summed E-state index contributed by atoms with van der Waals surface area (Å²) in [5, 5.41) is 27.1. The van der Waals surface area contributed by atoms with Crippen molar-refractivity contribution < 1.29 is 0 Å². The van der Waals surface area contributed by atoms with Gasteiger partial charge in [0.2, 0.25) is 0 Å². The maximum Gasteiger partial charge on any atom is 0.158 e. The van der Waals surface area contributed by atoms with Crippen molar-refractivity contribution in [2.75, 3.05) is 26.2 Å². The van der Waals surface area contributed by atoms with E-state index in [1.165, 1.54) is 69.7 Å². The molecule has 1 N–H and O–H groups in total. The Labute approximate surface area is 595 Å². The quantitative estimate of drug-likeness (QED) is 0.150. The molecule has 10 heterocycles. The Balaban J connectivity index is 0.000000545. The first kappa shape index (κ1) is 89.1. The summed E-state index contributed by atoms with van der Waals surface area (Å²) in [6, 6.07) is 1.99. The Morgan fingerprint density at radius 2 is 1.00 bits per heavy atom. The second-order valence-corrected chi connectivity index (χ2v) is 35.5. The van der Waals surface area contributed by atoms with E-state index in [2.05, 4.69) is 289 Å². The fourth-order valence-corrected chi connectivity index (χ4v) is 10.2. The second kappa shape index (κ2) is 38.0. The molecule has 21 nitrogen and oxygen atoms in total. The first-order chi connectivity index (χ1) is 44.5.